The van der Waals surface area contributed by atoms with E-state index in [2.05, 4.69) is 37.8 Å². The quantitative estimate of drug-likeness (QED) is 0.852. The van der Waals surface area contributed by atoms with Crippen molar-refractivity contribution in [2.45, 2.75) is 57.4 Å². The Morgan fingerprint density at radius 2 is 2.24 bits per heavy atom. The Labute approximate surface area is 114 Å². The van der Waals surface area contributed by atoms with Crippen LogP contribution in [0.5, 0.6) is 0 Å². The van der Waals surface area contributed by atoms with Crippen molar-refractivity contribution in [3.63, 3.8) is 0 Å². The van der Waals surface area contributed by atoms with Crippen molar-refractivity contribution < 1.29 is 0 Å². The fourth-order valence-corrected chi connectivity index (χ4v) is 4.74. The van der Waals surface area contributed by atoms with Gasteiger partial charge in [-0.3, -0.25) is 4.99 Å². The third kappa shape index (κ3) is 3.82. The lowest BCUT2D eigenvalue weighted by atomic mass is 10.1. The largest absolute Gasteiger partial charge is 0.362 e. The molecule has 0 aromatic heterocycles. The van der Waals surface area contributed by atoms with E-state index in [0.29, 0.717) is 12.1 Å². The number of rotatable bonds is 3. The fraction of sp³-hybridized carbons (Fsp3) is 0.923. The standard InChI is InChI=1S/C13H24N2S2/c1-4-16-12-6-5-11(7-12)15-13-14-10(3)9(2)8-17-13/h9-12H,4-8H2,1-3H3,(H,14,15). The van der Waals surface area contributed by atoms with Gasteiger partial charge in [0.15, 0.2) is 5.17 Å². The average molecular weight is 272 g/mol. The third-order valence-electron chi connectivity index (χ3n) is 3.74. The Kier molecular flexibility index (Phi) is 5.10. The van der Waals surface area contributed by atoms with Crippen molar-refractivity contribution in [2.24, 2.45) is 10.9 Å². The molecular formula is C13H24N2S2. The minimum Gasteiger partial charge on any atom is -0.362 e. The minimum absolute atomic E-state index is 0.487. The van der Waals surface area contributed by atoms with Crippen molar-refractivity contribution in [1.29, 1.82) is 0 Å². The van der Waals surface area contributed by atoms with Gasteiger partial charge in [0.05, 0.1) is 6.04 Å². The van der Waals surface area contributed by atoms with Gasteiger partial charge < -0.3 is 5.32 Å². The maximum atomic E-state index is 4.76. The molecule has 4 unspecified atom stereocenters. The second-order valence-corrected chi connectivity index (χ2v) is 7.78. The van der Waals surface area contributed by atoms with E-state index in [1.807, 2.05) is 11.8 Å². The van der Waals surface area contributed by atoms with E-state index >= 15 is 0 Å². The van der Waals surface area contributed by atoms with Crippen LogP contribution in [0, 0.1) is 5.92 Å². The maximum Gasteiger partial charge on any atom is 0.157 e. The first kappa shape index (κ1) is 13.6. The van der Waals surface area contributed by atoms with E-state index in [1.165, 1.54) is 35.9 Å². The molecule has 98 valence electrons. The highest BCUT2D eigenvalue weighted by molar-refractivity contribution is 8.13. The van der Waals surface area contributed by atoms with Crippen molar-refractivity contribution >= 4 is 28.7 Å². The molecule has 0 bridgehead atoms. The molecule has 0 radical (unpaired) electrons. The molecule has 1 fully saturated rings. The van der Waals surface area contributed by atoms with Gasteiger partial charge in [0.2, 0.25) is 0 Å². The molecule has 4 heteroatoms. The molecule has 2 rings (SSSR count). The van der Waals surface area contributed by atoms with E-state index in [4.69, 9.17) is 4.99 Å². The first-order valence-corrected chi connectivity index (χ1v) is 8.81. The first-order chi connectivity index (χ1) is 8.19. The zero-order valence-corrected chi connectivity index (χ0v) is 12.7. The van der Waals surface area contributed by atoms with E-state index in [1.54, 1.807) is 0 Å². The number of aliphatic imine (C=N–C) groups is 1. The SMILES string of the molecule is CCSC1CCC(NC2=NC(C)C(C)CS2)C1. The van der Waals surface area contributed by atoms with Crippen molar-refractivity contribution in [1.82, 2.24) is 5.32 Å². The number of thioether (sulfide) groups is 2. The summed E-state index contributed by atoms with van der Waals surface area (Å²) in [6.07, 6.45) is 4.02. The molecule has 2 aliphatic rings. The summed E-state index contributed by atoms with van der Waals surface area (Å²) in [5.41, 5.74) is 0. The van der Waals surface area contributed by atoms with Crippen LogP contribution in [-0.4, -0.2) is 34.0 Å². The summed E-state index contributed by atoms with van der Waals surface area (Å²) >= 11 is 4.03. The summed E-state index contributed by atoms with van der Waals surface area (Å²) < 4.78 is 0. The summed E-state index contributed by atoms with van der Waals surface area (Å²) in [5, 5.41) is 5.73. The summed E-state index contributed by atoms with van der Waals surface area (Å²) in [6.45, 7) is 6.79. The second-order valence-electron chi connectivity index (χ2n) is 5.19. The second kappa shape index (κ2) is 6.37. The molecule has 2 nitrogen and oxygen atoms in total. The van der Waals surface area contributed by atoms with Crippen LogP contribution in [0.1, 0.15) is 40.0 Å². The van der Waals surface area contributed by atoms with Gasteiger partial charge in [-0.15, -0.1) is 0 Å². The van der Waals surface area contributed by atoms with Gasteiger partial charge in [-0.1, -0.05) is 25.6 Å². The zero-order chi connectivity index (χ0) is 12.3. The van der Waals surface area contributed by atoms with Gasteiger partial charge in [0.1, 0.15) is 0 Å². The Bertz CT molecular complexity index is 281. The summed E-state index contributed by atoms with van der Waals surface area (Å²) in [7, 11) is 0. The van der Waals surface area contributed by atoms with Crippen molar-refractivity contribution in [2.75, 3.05) is 11.5 Å². The lowest BCUT2D eigenvalue weighted by molar-refractivity contribution is 0.529. The van der Waals surface area contributed by atoms with Gasteiger partial charge in [-0.2, -0.15) is 11.8 Å². The van der Waals surface area contributed by atoms with Crippen LogP contribution in [0.3, 0.4) is 0 Å². The van der Waals surface area contributed by atoms with Gasteiger partial charge in [0, 0.05) is 17.0 Å². The molecule has 1 aliphatic carbocycles. The van der Waals surface area contributed by atoms with Gasteiger partial charge >= 0.3 is 0 Å². The topological polar surface area (TPSA) is 24.4 Å². The molecule has 0 spiro atoms. The summed E-state index contributed by atoms with van der Waals surface area (Å²) in [4.78, 5) is 4.76. The monoisotopic (exact) mass is 272 g/mol. The average Bonchev–Trinajstić information content (AvgIpc) is 2.72. The molecule has 1 N–H and O–H groups in total. The van der Waals surface area contributed by atoms with Crippen molar-refractivity contribution in [3.05, 3.63) is 0 Å². The number of hydrogen-bond acceptors (Lipinski definition) is 4. The van der Waals surface area contributed by atoms with Crippen LogP contribution >= 0.6 is 23.5 Å². The van der Waals surface area contributed by atoms with Gasteiger partial charge in [-0.05, 0) is 37.9 Å². The number of nitrogens with one attached hydrogen (secondary N) is 1. The minimum atomic E-state index is 0.487. The molecule has 4 atom stereocenters. The van der Waals surface area contributed by atoms with Crippen LogP contribution in [0.2, 0.25) is 0 Å². The number of amidine groups is 1. The summed E-state index contributed by atoms with van der Waals surface area (Å²) in [5.74, 6) is 3.19. The molecule has 1 saturated carbocycles. The van der Waals surface area contributed by atoms with Crippen LogP contribution in [0.4, 0.5) is 0 Å². The van der Waals surface area contributed by atoms with Crippen LogP contribution in [0.25, 0.3) is 0 Å². The lowest BCUT2D eigenvalue weighted by Gasteiger charge is -2.25. The number of nitrogens with zero attached hydrogens (tertiary/aromatic N) is 1. The third-order valence-corrected chi connectivity index (χ3v) is 6.16. The van der Waals surface area contributed by atoms with Crippen LogP contribution < -0.4 is 5.32 Å². The fourth-order valence-electron chi connectivity index (χ4n) is 2.41. The van der Waals surface area contributed by atoms with Crippen LogP contribution in [0.15, 0.2) is 4.99 Å². The zero-order valence-electron chi connectivity index (χ0n) is 11.1. The molecular weight excluding hydrogens is 248 g/mol. The molecule has 0 aromatic rings. The predicted molar refractivity (Wildman–Crippen MR) is 81.2 cm³/mol. The highest BCUT2D eigenvalue weighted by Crippen LogP contribution is 2.30. The summed E-state index contributed by atoms with van der Waals surface area (Å²) in [6, 6.07) is 1.16. The van der Waals surface area contributed by atoms with Gasteiger partial charge in [0.25, 0.3) is 0 Å². The van der Waals surface area contributed by atoms with Crippen LogP contribution in [-0.2, 0) is 0 Å². The Balaban J connectivity index is 1.80. The Morgan fingerprint density at radius 1 is 1.41 bits per heavy atom. The number of hydrogen-bond donors (Lipinski definition) is 1. The highest BCUT2D eigenvalue weighted by atomic mass is 32.2. The lowest BCUT2D eigenvalue weighted by Crippen LogP contribution is -2.35. The first-order valence-electron chi connectivity index (χ1n) is 6.77. The molecule has 1 aliphatic heterocycles. The van der Waals surface area contributed by atoms with E-state index < -0.39 is 0 Å². The van der Waals surface area contributed by atoms with E-state index in [-0.39, 0.29) is 0 Å². The highest BCUT2D eigenvalue weighted by Gasteiger charge is 2.27. The molecule has 0 saturated heterocycles. The molecule has 17 heavy (non-hydrogen) atoms. The predicted octanol–water partition coefficient (Wildman–Crippen LogP) is 3.38. The van der Waals surface area contributed by atoms with Crippen molar-refractivity contribution in [3.8, 4) is 0 Å². The smallest absolute Gasteiger partial charge is 0.157 e. The Hall–Kier alpha value is 0.170. The Morgan fingerprint density at radius 3 is 2.94 bits per heavy atom. The van der Waals surface area contributed by atoms with E-state index in [0.717, 1.165) is 11.2 Å². The normalized spacial score (nSPS) is 37.9. The van der Waals surface area contributed by atoms with Gasteiger partial charge in [-0.25, -0.2) is 0 Å². The molecule has 0 aromatic carbocycles. The van der Waals surface area contributed by atoms with E-state index in [9.17, 15) is 0 Å². The molecule has 0 amide bonds. The molecule has 1 heterocycles. The maximum absolute atomic E-state index is 4.76.